The lowest BCUT2D eigenvalue weighted by molar-refractivity contribution is -0.192. The Morgan fingerprint density at radius 1 is 1.17 bits per heavy atom. The number of benzene rings is 2. The Bertz CT molecular complexity index is 1590. The molecular weight excluding hydrogens is 589 g/mol. The zero-order valence-electron chi connectivity index (χ0n) is 22.1. The number of hydrogen-bond acceptors (Lipinski definition) is 6. The third-order valence-electron chi connectivity index (χ3n) is 6.05. The van der Waals surface area contributed by atoms with Crippen molar-refractivity contribution in [3.8, 4) is 11.1 Å². The second-order valence-electron chi connectivity index (χ2n) is 8.98. The van der Waals surface area contributed by atoms with Gasteiger partial charge in [-0.05, 0) is 59.9 Å². The number of halogens is 6. The lowest BCUT2D eigenvalue weighted by Gasteiger charge is -2.19. The highest BCUT2D eigenvalue weighted by Gasteiger charge is 2.38. The number of carbonyl (C=O) groups excluding carboxylic acids is 1. The van der Waals surface area contributed by atoms with Crippen LogP contribution in [0.2, 0.25) is 5.02 Å². The number of carbonyl (C=O) groups is 2. The summed E-state index contributed by atoms with van der Waals surface area (Å²) in [5.74, 6) is -4.16. The number of hydrogen-bond donors (Lipinski definition) is 4. The van der Waals surface area contributed by atoms with E-state index in [-0.39, 0.29) is 17.1 Å². The number of carboxylic acids is 1. The summed E-state index contributed by atoms with van der Waals surface area (Å²) < 4.78 is 63.7. The molecule has 42 heavy (non-hydrogen) atoms. The van der Waals surface area contributed by atoms with Gasteiger partial charge in [0, 0.05) is 16.8 Å². The first-order valence-corrected chi connectivity index (χ1v) is 12.6. The number of rotatable bonds is 7. The molecule has 4 rings (SSSR count). The lowest BCUT2D eigenvalue weighted by atomic mass is 9.92. The Kier molecular flexibility index (Phi) is 10.1. The minimum absolute atomic E-state index is 0.0869. The topological polar surface area (TPSA) is 143 Å². The van der Waals surface area contributed by atoms with Crippen molar-refractivity contribution in [3.63, 3.8) is 0 Å². The molecule has 2 aromatic heterocycles. The van der Waals surface area contributed by atoms with Gasteiger partial charge in [-0.1, -0.05) is 36.7 Å². The summed E-state index contributed by atoms with van der Waals surface area (Å²) in [6, 6.07) is 11.1. The molecule has 5 N–H and O–H groups in total. The summed E-state index contributed by atoms with van der Waals surface area (Å²) >= 11 is 5.82. The van der Waals surface area contributed by atoms with Crippen LogP contribution >= 0.6 is 11.6 Å². The normalized spacial score (nSPS) is 12.8. The van der Waals surface area contributed by atoms with Crippen molar-refractivity contribution in [2.45, 2.75) is 38.7 Å². The predicted molar refractivity (Wildman–Crippen MR) is 144 cm³/mol. The molecule has 4 aromatic rings. The maximum atomic E-state index is 15.8. The fraction of sp³-hybridized carbons (Fsp3) is 0.259. The Morgan fingerprint density at radius 3 is 2.36 bits per heavy atom. The van der Waals surface area contributed by atoms with Gasteiger partial charge in [-0.3, -0.25) is 4.79 Å². The van der Waals surface area contributed by atoms with Crippen LogP contribution in [0.1, 0.15) is 40.1 Å². The second kappa shape index (κ2) is 13.1. The second-order valence-corrected chi connectivity index (χ2v) is 9.42. The molecule has 0 aliphatic rings. The molecule has 2 heterocycles. The van der Waals surface area contributed by atoms with E-state index in [1.807, 2.05) is 6.92 Å². The summed E-state index contributed by atoms with van der Waals surface area (Å²) in [7, 11) is 0. The molecule has 2 aromatic carbocycles. The highest BCUT2D eigenvalue weighted by molar-refractivity contribution is 6.30. The quantitative estimate of drug-likeness (QED) is 0.213. The maximum Gasteiger partial charge on any atom is 0.490 e. The Morgan fingerprint density at radius 2 is 1.79 bits per heavy atom. The summed E-state index contributed by atoms with van der Waals surface area (Å²) in [6.45, 7) is 3.01. The smallest absolute Gasteiger partial charge is 0.475 e. The van der Waals surface area contributed by atoms with Crippen LogP contribution in [0.5, 0.6) is 0 Å². The number of anilines is 1. The number of aryl methyl sites for hydroxylation is 2. The molecule has 2 unspecified atom stereocenters. The number of aliphatic hydroxyl groups is 1. The number of aliphatic carboxylic acids is 1. The monoisotopic (exact) mass is 613 g/mol. The van der Waals surface area contributed by atoms with Crippen LogP contribution in [0.15, 0.2) is 48.7 Å². The number of amides is 1. The average Bonchev–Trinajstić information content (AvgIpc) is 3.30. The molecule has 9 nitrogen and oxygen atoms in total. The summed E-state index contributed by atoms with van der Waals surface area (Å²) in [5.41, 5.74) is 8.10. The Hall–Kier alpha value is -4.30. The van der Waals surface area contributed by atoms with Gasteiger partial charge in [-0.25, -0.2) is 18.1 Å². The van der Waals surface area contributed by atoms with E-state index in [9.17, 15) is 27.5 Å². The molecule has 2 atom stereocenters. The number of nitrogens with one attached hydrogen (secondary N) is 1. The van der Waals surface area contributed by atoms with Crippen LogP contribution in [0, 0.1) is 12.7 Å². The van der Waals surface area contributed by atoms with E-state index in [1.165, 1.54) is 28.8 Å². The van der Waals surface area contributed by atoms with Gasteiger partial charge in [-0.2, -0.15) is 18.2 Å². The van der Waals surface area contributed by atoms with E-state index in [0.717, 1.165) is 0 Å². The number of nitrogen functional groups attached to an aromatic ring is 1. The fourth-order valence-electron chi connectivity index (χ4n) is 4.03. The van der Waals surface area contributed by atoms with Gasteiger partial charge < -0.3 is 21.3 Å². The molecular formula is C27H25ClF5N5O4. The van der Waals surface area contributed by atoms with E-state index >= 15 is 4.39 Å². The van der Waals surface area contributed by atoms with Crippen LogP contribution in [-0.2, 0) is 11.2 Å². The number of pyridine rings is 1. The minimum atomic E-state index is -5.08. The van der Waals surface area contributed by atoms with Crippen molar-refractivity contribution in [3.05, 3.63) is 81.8 Å². The van der Waals surface area contributed by atoms with Crippen molar-refractivity contribution in [1.29, 1.82) is 0 Å². The first kappa shape index (κ1) is 32.2. The maximum absolute atomic E-state index is 15.8. The van der Waals surface area contributed by atoms with Crippen molar-refractivity contribution >= 4 is 35.1 Å². The zero-order chi connectivity index (χ0) is 31.4. The average molecular weight is 614 g/mol. The number of carboxylic acid groups (broad SMARTS) is 1. The molecule has 0 aliphatic carbocycles. The van der Waals surface area contributed by atoms with Gasteiger partial charge in [0.1, 0.15) is 18.1 Å². The van der Waals surface area contributed by atoms with Crippen LogP contribution in [-0.4, -0.2) is 55.6 Å². The predicted octanol–water partition coefficient (Wildman–Crippen LogP) is 5.08. The molecule has 0 bridgehead atoms. The highest BCUT2D eigenvalue weighted by Crippen LogP contribution is 2.32. The SMILES string of the molecule is CCc1cc(C)c(C(=O)NCC(F)C(O)c2ccc(Cl)cc2)c(F)c1-c1ccn2nc(N)nc2c1.O=C(O)C(F)(F)F. The number of aliphatic hydroxyl groups excluding tert-OH is 1. The van der Waals surface area contributed by atoms with E-state index in [4.69, 9.17) is 27.2 Å². The van der Waals surface area contributed by atoms with Crippen molar-refractivity contribution in [1.82, 2.24) is 19.9 Å². The number of alkyl halides is 4. The van der Waals surface area contributed by atoms with Crippen LogP contribution < -0.4 is 11.1 Å². The molecule has 0 spiro atoms. The van der Waals surface area contributed by atoms with Crippen LogP contribution in [0.3, 0.4) is 0 Å². The molecule has 0 fully saturated rings. The van der Waals surface area contributed by atoms with E-state index < -0.39 is 42.7 Å². The number of nitrogens with zero attached hydrogens (tertiary/aromatic N) is 3. The third kappa shape index (κ3) is 7.50. The standard InChI is InChI=1S/C25H24ClF2N5O2.C2HF3O2/c1-3-14-10-13(2)20(22(28)21(14)16-8-9-33-19(11-16)31-25(29)32-33)24(35)30-12-18(27)23(34)15-4-6-17(26)7-5-15;3-2(4,5)1(6)7/h4-11,18,23,34H,3,12H2,1-2H3,(H2,29,32)(H,30,35);(H,6,7). The summed E-state index contributed by atoms with van der Waals surface area (Å²) in [4.78, 5) is 25.9. The van der Waals surface area contributed by atoms with Gasteiger partial charge in [0.05, 0.1) is 12.1 Å². The highest BCUT2D eigenvalue weighted by atomic mass is 35.5. The Labute approximate surface area is 240 Å². The van der Waals surface area contributed by atoms with Gasteiger partial charge in [0.2, 0.25) is 5.95 Å². The summed E-state index contributed by atoms with van der Waals surface area (Å²) in [6.07, 6.45) is -6.23. The molecule has 0 radical (unpaired) electrons. The molecule has 224 valence electrons. The van der Waals surface area contributed by atoms with Gasteiger partial charge in [0.15, 0.2) is 5.65 Å². The lowest BCUT2D eigenvalue weighted by Crippen LogP contribution is -2.34. The number of nitrogens with two attached hydrogens (primary N) is 1. The molecule has 15 heteroatoms. The van der Waals surface area contributed by atoms with Gasteiger partial charge in [0.25, 0.3) is 5.91 Å². The number of fused-ring (bicyclic) bond motifs is 1. The van der Waals surface area contributed by atoms with Gasteiger partial charge in [-0.15, -0.1) is 5.10 Å². The van der Waals surface area contributed by atoms with E-state index in [2.05, 4.69) is 15.4 Å². The first-order valence-electron chi connectivity index (χ1n) is 12.2. The molecule has 0 aliphatic heterocycles. The first-order chi connectivity index (χ1) is 19.6. The molecule has 1 amide bonds. The molecule has 0 saturated heterocycles. The zero-order valence-corrected chi connectivity index (χ0v) is 22.8. The van der Waals surface area contributed by atoms with Crippen molar-refractivity contribution in [2.24, 2.45) is 0 Å². The van der Waals surface area contributed by atoms with E-state index in [1.54, 1.807) is 31.3 Å². The van der Waals surface area contributed by atoms with Gasteiger partial charge >= 0.3 is 12.1 Å². The van der Waals surface area contributed by atoms with E-state index in [0.29, 0.717) is 39.3 Å². The fourth-order valence-corrected chi connectivity index (χ4v) is 4.15. The largest absolute Gasteiger partial charge is 0.490 e. The van der Waals surface area contributed by atoms with Crippen LogP contribution in [0.4, 0.5) is 27.9 Å². The van der Waals surface area contributed by atoms with Crippen molar-refractivity contribution in [2.75, 3.05) is 12.3 Å². The third-order valence-corrected chi connectivity index (χ3v) is 6.30. The Balaban J connectivity index is 0.000000616. The minimum Gasteiger partial charge on any atom is -0.475 e. The summed E-state index contributed by atoms with van der Waals surface area (Å²) in [5, 5.41) is 24.3. The van der Waals surface area contributed by atoms with Crippen LogP contribution in [0.25, 0.3) is 16.8 Å². The number of aromatic nitrogens is 3. The van der Waals surface area contributed by atoms with Crippen molar-refractivity contribution < 1.29 is 41.8 Å². The molecule has 0 saturated carbocycles.